The number of halogens is 3. The highest BCUT2D eigenvalue weighted by molar-refractivity contribution is 6.03. The van der Waals surface area contributed by atoms with E-state index in [9.17, 15) is 27.6 Å². The van der Waals surface area contributed by atoms with Crippen molar-refractivity contribution in [2.24, 2.45) is 0 Å². The lowest BCUT2D eigenvalue weighted by Crippen LogP contribution is -2.50. The molecule has 1 aliphatic rings. The van der Waals surface area contributed by atoms with Crippen LogP contribution in [0, 0.1) is 0 Å². The lowest BCUT2D eigenvalue weighted by Gasteiger charge is -2.34. The van der Waals surface area contributed by atoms with Gasteiger partial charge in [0.25, 0.3) is 5.91 Å². The summed E-state index contributed by atoms with van der Waals surface area (Å²) in [4.78, 5) is 43.5. The summed E-state index contributed by atoms with van der Waals surface area (Å²) in [6.07, 6.45) is -2.99. The molecular weight excluding hydrogens is 465 g/mol. The number of anilines is 1. The molecule has 1 N–H and O–H groups in total. The first-order chi connectivity index (χ1) is 16.6. The highest BCUT2D eigenvalue weighted by Crippen LogP contribution is 2.27. The van der Waals surface area contributed by atoms with Crippen LogP contribution < -0.4 is 5.32 Å². The molecule has 0 unspecified atom stereocenters. The molecule has 1 aliphatic heterocycles. The van der Waals surface area contributed by atoms with Crippen LogP contribution in [0.1, 0.15) is 23.1 Å². The number of hydrogen-bond acceptors (Lipinski definition) is 6. The van der Waals surface area contributed by atoms with Gasteiger partial charge in [-0.2, -0.15) is 18.3 Å². The fourth-order valence-corrected chi connectivity index (χ4v) is 3.86. The third kappa shape index (κ3) is 6.01. The number of Topliss-reactive ketones (excluding diaryl/α,β-unsaturated/α-hetero) is 1. The number of carbonyl (C=O) groups excluding carboxylic acids is 3. The van der Waals surface area contributed by atoms with Crippen molar-refractivity contribution in [2.75, 3.05) is 38.0 Å². The summed E-state index contributed by atoms with van der Waals surface area (Å²) in [6, 6.07) is 7.96. The first kappa shape index (κ1) is 24.3. The molecule has 2 aromatic heterocycles. The van der Waals surface area contributed by atoms with Gasteiger partial charge in [-0.15, -0.1) is 0 Å². The van der Waals surface area contributed by atoms with Crippen LogP contribution in [0.3, 0.4) is 0 Å². The van der Waals surface area contributed by atoms with Gasteiger partial charge in [-0.3, -0.25) is 24.0 Å². The van der Waals surface area contributed by atoms with E-state index in [1.165, 1.54) is 10.7 Å². The van der Waals surface area contributed by atoms with Crippen LogP contribution in [0.25, 0.3) is 10.9 Å². The minimum absolute atomic E-state index is 0.0389. The van der Waals surface area contributed by atoms with E-state index in [4.69, 9.17) is 0 Å². The van der Waals surface area contributed by atoms with Crippen molar-refractivity contribution in [1.29, 1.82) is 0 Å². The summed E-state index contributed by atoms with van der Waals surface area (Å²) < 4.78 is 40.1. The second-order valence-electron chi connectivity index (χ2n) is 8.32. The van der Waals surface area contributed by atoms with E-state index in [2.05, 4.69) is 15.4 Å². The van der Waals surface area contributed by atoms with Gasteiger partial charge in [0.1, 0.15) is 23.7 Å². The SMILES string of the molecule is CC(=O)CN1CCN(C(=O)Cn2cc3cc(NC(=O)c4cccc(C(F)(F)F)n4)ccc3n2)CC1. The molecule has 0 aliphatic carbocycles. The van der Waals surface area contributed by atoms with Crippen molar-refractivity contribution in [2.45, 2.75) is 19.6 Å². The average molecular weight is 488 g/mol. The number of aromatic nitrogens is 3. The van der Waals surface area contributed by atoms with Crippen molar-refractivity contribution >= 4 is 34.2 Å². The van der Waals surface area contributed by atoms with Gasteiger partial charge in [-0.05, 0) is 37.3 Å². The summed E-state index contributed by atoms with van der Waals surface area (Å²) >= 11 is 0. The Kier molecular flexibility index (Phi) is 6.83. The van der Waals surface area contributed by atoms with E-state index in [-0.39, 0.29) is 23.9 Å². The number of pyridine rings is 1. The fourth-order valence-electron chi connectivity index (χ4n) is 3.86. The number of nitrogens with one attached hydrogen (secondary N) is 1. The van der Waals surface area contributed by atoms with E-state index >= 15 is 0 Å². The molecule has 184 valence electrons. The second-order valence-corrected chi connectivity index (χ2v) is 8.32. The van der Waals surface area contributed by atoms with E-state index in [0.29, 0.717) is 49.3 Å². The predicted molar refractivity (Wildman–Crippen MR) is 121 cm³/mol. The summed E-state index contributed by atoms with van der Waals surface area (Å²) in [6.45, 7) is 4.30. The second kappa shape index (κ2) is 9.82. The number of rotatable bonds is 6. The minimum atomic E-state index is -4.65. The van der Waals surface area contributed by atoms with Crippen LogP contribution in [0.5, 0.6) is 0 Å². The predicted octanol–water partition coefficient (Wildman–Crippen LogP) is 2.44. The Morgan fingerprint density at radius 2 is 1.77 bits per heavy atom. The van der Waals surface area contributed by atoms with Crippen molar-refractivity contribution in [3.8, 4) is 0 Å². The zero-order valence-corrected chi connectivity index (χ0v) is 18.9. The molecule has 9 nitrogen and oxygen atoms in total. The lowest BCUT2D eigenvalue weighted by molar-refractivity contribution is -0.141. The molecule has 0 radical (unpaired) electrons. The molecule has 12 heteroatoms. The van der Waals surface area contributed by atoms with Crippen molar-refractivity contribution in [3.63, 3.8) is 0 Å². The Morgan fingerprint density at radius 1 is 1.03 bits per heavy atom. The Balaban J connectivity index is 1.39. The quantitative estimate of drug-likeness (QED) is 0.572. The average Bonchev–Trinajstić information content (AvgIpc) is 3.20. The first-order valence-corrected chi connectivity index (χ1v) is 10.9. The maximum absolute atomic E-state index is 12.9. The number of ketones is 1. The number of benzene rings is 1. The van der Waals surface area contributed by atoms with Gasteiger partial charge in [0, 0.05) is 43.4 Å². The van der Waals surface area contributed by atoms with Crippen molar-refractivity contribution in [1.82, 2.24) is 24.6 Å². The highest BCUT2D eigenvalue weighted by Gasteiger charge is 2.33. The largest absolute Gasteiger partial charge is 0.433 e. The summed E-state index contributed by atoms with van der Waals surface area (Å²) in [5.41, 5.74) is -0.551. The molecule has 1 saturated heterocycles. The summed E-state index contributed by atoms with van der Waals surface area (Å²) in [7, 11) is 0. The first-order valence-electron chi connectivity index (χ1n) is 10.9. The molecule has 0 bridgehead atoms. The van der Waals surface area contributed by atoms with Crippen molar-refractivity contribution < 1.29 is 27.6 Å². The third-order valence-electron chi connectivity index (χ3n) is 5.55. The van der Waals surface area contributed by atoms with Gasteiger partial charge in [0.15, 0.2) is 0 Å². The number of hydrogen-bond donors (Lipinski definition) is 1. The maximum Gasteiger partial charge on any atom is 0.433 e. The van der Waals surface area contributed by atoms with E-state index in [1.54, 1.807) is 36.2 Å². The van der Waals surface area contributed by atoms with E-state index in [0.717, 1.165) is 12.1 Å². The van der Waals surface area contributed by atoms with Crippen LogP contribution >= 0.6 is 0 Å². The molecule has 1 aromatic carbocycles. The van der Waals surface area contributed by atoms with Gasteiger partial charge in [0.2, 0.25) is 5.91 Å². The fraction of sp³-hybridized carbons (Fsp3) is 0.348. The number of fused-ring (bicyclic) bond motifs is 1. The van der Waals surface area contributed by atoms with Crippen LogP contribution in [0.4, 0.5) is 18.9 Å². The number of piperazine rings is 1. The van der Waals surface area contributed by atoms with E-state index < -0.39 is 17.8 Å². The Bertz CT molecular complexity index is 1260. The van der Waals surface area contributed by atoms with Crippen LogP contribution in [-0.4, -0.2) is 74.9 Å². The maximum atomic E-state index is 12.9. The van der Waals surface area contributed by atoms with Crippen LogP contribution in [0.15, 0.2) is 42.6 Å². The van der Waals surface area contributed by atoms with Crippen LogP contribution in [0.2, 0.25) is 0 Å². The zero-order chi connectivity index (χ0) is 25.2. The minimum Gasteiger partial charge on any atom is -0.339 e. The number of carbonyl (C=O) groups is 3. The summed E-state index contributed by atoms with van der Waals surface area (Å²) in [5, 5.41) is 7.57. The Hall–Kier alpha value is -3.80. The molecular formula is C23H23F3N6O3. The normalized spacial score (nSPS) is 14.8. The highest BCUT2D eigenvalue weighted by atomic mass is 19.4. The molecule has 2 amide bonds. The number of amides is 2. The molecule has 0 spiro atoms. The van der Waals surface area contributed by atoms with Gasteiger partial charge in [-0.25, -0.2) is 4.98 Å². The molecule has 0 atom stereocenters. The van der Waals surface area contributed by atoms with Gasteiger partial charge in [-0.1, -0.05) is 6.07 Å². The van der Waals surface area contributed by atoms with E-state index in [1.807, 2.05) is 4.90 Å². The number of alkyl halides is 3. The molecule has 4 rings (SSSR count). The summed E-state index contributed by atoms with van der Waals surface area (Å²) in [5.74, 6) is -0.777. The van der Waals surface area contributed by atoms with Crippen LogP contribution in [-0.2, 0) is 22.3 Å². The molecule has 1 fully saturated rings. The molecule has 0 saturated carbocycles. The Labute approximate surface area is 198 Å². The standard InChI is InChI=1S/C23H23F3N6O3/c1-15(33)12-30-7-9-31(10-8-30)21(34)14-32-13-16-11-17(5-6-18(16)29-32)27-22(35)19-3-2-4-20(28-19)23(24,25)26/h2-6,11,13H,7-10,12,14H2,1H3,(H,27,35). The number of nitrogens with zero attached hydrogens (tertiary/aromatic N) is 5. The molecule has 35 heavy (non-hydrogen) atoms. The smallest absolute Gasteiger partial charge is 0.339 e. The topological polar surface area (TPSA) is 100 Å². The molecule has 3 aromatic rings. The van der Waals surface area contributed by atoms with Gasteiger partial charge >= 0.3 is 6.18 Å². The lowest BCUT2D eigenvalue weighted by atomic mass is 10.2. The zero-order valence-electron chi connectivity index (χ0n) is 18.9. The molecule has 3 heterocycles. The van der Waals surface area contributed by atoms with Crippen molar-refractivity contribution in [3.05, 3.63) is 54.0 Å². The monoisotopic (exact) mass is 488 g/mol. The van der Waals surface area contributed by atoms with Gasteiger partial charge < -0.3 is 10.2 Å². The Morgan fingerprint density at radius 3 is 2.46 bits per heavy atom. The third-order valence-corrected chi connectivity index (χ3v) is 5.55. The van der Waals surface area contributed by atoms with Gasteiger partial charge in [0.05, 0.1) is 12.1 Å².